The molecule has 0 fully saturated rings. The maximum atomic E-state index is 12.1. The minimum atomic E-state index is -0.263. The first-order valence-corrected chi connectivity index (χ1v) is 8.57. The van der Waals surface area contributed by atoms with Gasteiger partial charge in [0.1, 0.15) is 0 Å². The molecule has 2 aromatic carbocycles. The van der Waals surface area contributed by atoms with E-state index in [0.29, 0.717) is 41.8 Å². The molecule has 0 spiro atoms. The van der Waals surface area contributed by atoms with Crippen molar-refractivity contribution in [1.29, 1.82) is 5.26 Å². The lowest BCUT2D eigenvalue weighted by atomic mass is 10.1. The number of nitriles is 1. The molecule has 0 saturated heterocycles. The molecule has 1 aliphatic rings. The quantitative estimate of drug-likeness (QED) is 0.820. The van der Waals surface area contributed by atoms with Crippen LogP contribution in [0.5, 0.6) is 11.5 Å². The molecule has 0 atom stereocenters. The first-order chi connectivity index (χ1) is 12.7. The Balaban J connectivity index is 1.67. The smallest absolute Gasteiger partial charge is 0.248 e. The number of ether oxygens (including phenoxy) is 2. The molecule has 26 heavy (non-hydrogen) atoms. The molecule has 0 aromatic heterocycles. The summed E-state index contributed by atoms with van der Waals surface area (Å²) < 4.78 is 11.2. The van der Waals surface area contributed by atoms with Crippen LogP contribution in [0.1, 0.15) is 17.5 Å². The highest BCUT2D eigenvalue weighted by atomic mass is 35.5. The van der Waals surface area contributed by atoms with Crippen molar-refractivity contribution in [3.8, 4) is 17.6 Å². The van der Waals surface area contributed by atoms with E-state index in [1.54, 1.807) is 30.3 Å². The summed E-state index contributed by atoms with van der Waals surface area (Å²) in [5, 5.41) is 11.9. The summed E-state index contributed by atoms with van der Waals surface area (Å²) >= 11 is 6.24. The summed E-state index contributed by atoms with van der Waals surface area (Å²) in [4.78, 5) is 12.1. The zero-order chi connectivity index (χ0) is 18.4. The van der Waals surface area contributed by atoms with Gasteiger partial charge in [-0.15, -0.1) is 0 Å². The number of amides is 1. The van der Waals surface area contributed by atoms with Gasteiger partial charge in [-0.3, -0.25) is 4.79 Å². The van der Waals surface area contributed by atoms with Crippen LogP contribution in [0.25, 0.3) is 6.08 Å². The number of anilines is 1. The predicted octanol–water partition coefficient (Wildman–Crippen LogP) is 4.22. The Morgan fingerprint density at radius 2 is 2.00 bits per heavy atom. The van der Waals surface area contributed by atoms with Gasteiger partial charge in [-0.25, -0.2) is 0 Å². The Kier molecular flexibility index (Phi) is 5.77. The molecule has 0 bridgehead atoms. The van der Waals surface area contributed by atoms with Crippen molar-refractivity contribution in [1.82, 2.24) is 0 Å². The third-order valence-electron chi connectivity index (χ3n) is 3.76. The second kappa shape index (κ2) is 8.41. The molecule has 0 unspecified atom stereocenters. The van der Waals surface area contributed by atoms with E-state index >= 15 is 0 Å². The summed E-state index contributed by atoms with van der Waals surface area (Å²) in [5.41, 5.74) is 2.32. The number of halogens is 1. The molecule has 2 aromatic rings. The van der Waals surface area contributed by atoms with Gasteiger partial charge >= 0.3 is 0 Å². The molecule has 6 heteroatoms. The highest BCUT2D eigenvalue weighted by molar-refractivity contribution is 6.32. The van der Waals surface area contributed by atoms with E-state index in [1.807, 2.05) is 12.1 Å². The van der Waals surface area contributed by atoms with Crippen LogP contribution < -0.4 is 14.8 Å². The first-order valence-electron chi connectivity index (χ1n) is 8.20. The lowest BCUT2D eigenvalue weighted by molar-refractivity contribution is -0.111. The summed E-state index contributed by atoms with van der Waals surface area (Å²) in [5.74, 6) is 0.868. The number of nitrogens with zero attached hydrogens (tertiary/aromatic N) is 1. The lowest BCUT2D eigenvalue weighted by Crippen LogP contribution is -2.07. The van der Waals surface area contributed by atoms with Gasteiger partial charge in [0.05, 0.1) is 30.7 Å². The average Bonchev–Trinajstić information content (AvgIpc) is 2.88. The van der Waals surface area contributed by atoms with Crippen molar-refractivity contribution in [2.45, 2.75) is 12.8 Å². The van der Waals surface area contributed by atoms with Crippen molar-refractivity contribution in [3.63, 3.8) is 0 Å². The van der Waals surface area contributed by atoms with Crippen molar-refractivity contribution in [2.75, 3.05) is 18.5 Å². The molecule has 1 heterocycles. The van der Waals surface area contributed by atoms with Crippen LogP contribution in [0.4, 0.5) is 5.69 Å². The standard InChI is InChI=1S/C20H17ClN2O3/c21-17-12-15(13-18-20(17)26-11-1-10-25-18)4-7-19(24)23-16-5-2-14(3-6-16)8-9-22/h2-7,12-13H,1,8,10-11H2,(H,23,24)/b7-4+. The van der Waals surface area contributed by atoms with Gasteiger partial charge in [0.15, 0.2) is 11.5 Å². The molecule has 3 rings (SSSR count). The van der Waals surface area contributed by atoms with Crippen LogP contribution in [-0.2, 0) is 11.2 Å². The van der Waals surface area contributed by atoms with Gasteiger partial charge in [0, 0.05) is 18.2 Å². The van der Waals surface area contributed by atoms with Gasteiger partial charge in [-0.1, -0.05) is 23.7 Å². The maximum absolute atomic E-state index is 12.1. The van der Waals surface area contributed by atoms with Crippen LogP contribution >= 0.6 is 11.6 Å². The molecular formula is C20H17ClN2O3. The monoisotopic (exact) mass is 368 g/mol. The van der Waals surface area contributed by atoms with Crippen LogP contribution in [0.15, 0.2) is 42.5 Å². The number of rotatable bonds is 4. The van der Waals surface area contributed by atoms with Crippen LogP contribution in [0.3, 0.4) is 0 Å². The fourth-order valence-corrected chi connectivity index (χ4v) is 2.77. The summed E-state index contributed by atoms with van der Waals surface area (Å²) in [6.45, 7) is 1.14. The number of hydrogen-bond donors (Lipinski definition) is 1. The van der Waals surface area contributed by atoms with Gasteiger partial charge in [-0.2, -0.15) is 5.26 Å². The van der Waals surface area contributed by atoms with Gasteiger partial charge < -0.3 is 14.8 Å². The largest absolute Gasteiger partial charge is 0.489 e. The van der Waals surface area contributed by atoms with Crippen molar-refractivity contribution in [2.24, 2.45) is 0 Å². The average molecular weight is 369 g/mol. The fraction of sp³-hybridized carbons (Fsp3) is 0.200. The molecule has 0 radical (unpaired) electrons. The molecule has 1 N–H and O–H groups in total. The Morgan fingerprint density at radius 3 is 2.77 bits per heavy atom. The number of benzene rings is 2. The molecule has 0 aliphatic carbocycles. The minimum absolute atomic E-state index is 0.263. The number of fused-ring (bicyclic) bond motifs is 1. The maximum Gasteiger partial charge on any atom is 0.248 e. The van der Waals surface area contributed by atoms with E-state index in [1.165, 1.54) is 6.08 Å². The van der Waals surface area contributed by atoms with Crippen molar-refractivity contribution < 1.29 is 14.3 Å². The Morgan fingerprint density at radius 1 is 1.23 bits per heavy atom. The van der Waals surface area contributed by atoms with Crippen LogP contribution in [0.2, 0.25) is 5.02 Å². The SMILES string of the molecule is N#CCc1ccc(NC(=O)/C=C/c2cc(Cl)c3c(c2)OCCCO3)cc1. The molecule has 5 nitrogen and oxygen atoms in total. The van der Waals surface area contributed by atoms with Gasteiger partial charge in [0.2, 0.25) is 5.91 Å². The number of carbonyl (C=O) groups is 1. The minimum Gasteiger partial charge on any atom is -0.489 e. The van der Waals surface area contributed by atoms with E-state index in [2.05, 4.69) is 11.4 Å². The first kappa shape index (κ1) is 17.8. The molecule has 1 amide bonds. The normalized spacial score (nSPS) is 13.1. The van der Waals surface area contributed by atoms with Crippen LogP contribution in [-0.4, -0.2) is 19.1 Å². The summed E-state index contributed by atoms with van der Waals surface area (Å²) in [7, 11) is 0. The third-order valence-corrected chi connectivity index (χ3v) is 4.04. The zero-order valence-corrected chi connectivity index (χ0v) is 14.8. The summed E-state index contributed by atoms with van der Waals surface area (Å²) in [6.07, 6.45) is 4.24. The summed E-state index contributed by atoms with van der Waals surface area (Å²) in [6, 6.07) is 12.8. The van der Waals surface area contributed by atoms with Gasteiger partial charge in [-0.05, 0) is 41.5 Å². The van der Waals surface area contributed by atoms with E-state index in [0.717, 1.165) is 17.5 Å². The molecule has 132 valence electrons. The lowest BCUT2D eigenvalue weighted by Gasteiger charge is -2.10. The van der Waals surface area contributed by atoms with E-state index < -0.39 is 0 Å². The van der Waals surface area contributed by atoms with E-state index in [4.69, 9.17) is 26.3 Å². The fourth-order valence-electron chi connectivity index (χ4n) is 2.50. The second-order valence-corrected chi connectivity index (χ2v) is 6.14. The second-order valence-electron chi connectivity index (χ2n) is 5.73. The molecule has 1 aliphatic heterocycles. The predicted molar refractivity (Wildman–Crippen MR) is 100 cm³/mol. The molecule has 0 saturated carbocycles. The van der Waals surface area contributed by atoms with Crippen LogP contribution in [0, 0.1) is 11.3 Å². The number of hydrogen-bond acceptors (Lipinski definition) is 4. The number of nitrogens with one attached hydrogen (secondary N) is 1. The topological polar surface area (TPSA) is 71.4 Å². The van der Waals surface area contributed by atoms with Gasteiger partial charge in [0.25, 0.3) is 0 Å². The van der Waals surface area contributed by atoms with E-state index in [9.17, 15) is 4.79 Å². The Hall–Kier alpha value is -2.97. The molecular weight excluding hydrogens is 352 g/mol. The number of carbonyl (C=O) groups excluding carboxylic acids is 1. The highest BCUT2D eigenvalue weighted by Crippen LogP contribution is 2.38. The Labute approximate surface area is 156 Å². The van der Waals surface area contributed by atoms with E-state index in [-0.39, 0.29) is 5.91 Å². The third kappa shape index (κ3) is 4.56. The van der Waals surface area contributed by atoms with Crippen molar-refractivity contribution in [3.05, 3.63) is 58.6 Å². The Bertz CT molecular complexity index is 870. The van der Waals surface area contributed by atoms with Crippen molar-refractivity contribution >= 4 is 29.3 Å². The highest BCUT2D eigenvalue weighted by Gasteiger charge is 2.14. The zero-order valence-electron chi connectivity index (χ0n) is 14.0.